The molecule has 1 amide bonds. The summed E-state index contributed by atoms with van der Waals surface area (Å²) in [5, 5.41) is 12.0. The number of ether oxygens (including phenoxy) is 2. The molecule has 0 fully saturated rings. The van der Waals surface area contributed by atoms with Gasteiger partial charge in [-0.15, -0.1) is 6.42 Å². The van der Waals surface area contributed by atoms with Crippen molar-refractivity contribution in [3.8, 4) is 24.2 Å². The van der Waals surface area contributed by atoms with E-state index in [1.165, 1.54) is 18.2 Å². The first-order chi connectivity index (χ1) is 14.0. The molecule has 0 aliphatic rings. The lowest BCUT2D eigenvalue weighted by Gasteiger charge is -2.07. The van der Waals surface area contributed by atoms with Gasteiger partial charge in [-0.25, -0.2) is 4.79 Å². The van der Waals surface area contributed by atoms with Gasteiger partial charge < -0.3 is 14.8 Å². The number of halogens is 1. The molecule has 2 aromatic rings. The normalized spacial score (nSPS) is 10.4. The standard InChI is InChI=1S/C22H17BrN2O4/c1-3-11-29-20-10-5-15(13-19(20)23)12-17(14-24)21(26)25-18-8-6-16(7-9-18)22(27)28-4-2/h1,5-10,12-13H,4,11H2,2H3,(H,25,26)/b17-12+. The van der Waals surface area contributed by atoms with Crippen molar-refractivity contribution in [1.29, 1.82) is 5.26 Å². The summed E-state index contributed by atoms with van der Waals surface area (Å²) in [4.78, 5) is 24.1. The van der Waals surface area contributed by atoms with Crippen molar-refractivity contribution in [3.05, 3.63) is 63.6 Å². The number of benzene rings is 2. The number of esters is 1. The molecule has 6 nitrogen and oxygen atoms in total. The van der Waals surface area contributed by atoms with Gasteiger partial charge in [0.15, 0.2) is 0 Å². The largest absolute Gasteiger partial charge is 0.480 e. The van der Waals surface area contributed by atoms with E-state index in [0.29, 0.717) is 27.0 Å². The molecule has 2 aromatic carbocycles. The van der Waals surface area contributed by atoms with Crippen molar-refractivity contribution in [2.75, 3.05) is 18.5 Å². The summed E-state index contributed by atoms with van der Waals surface area (Å²) in [6.45, 7) is 2.13. The smallest absolute Gasteiger partial charge is 0.338 e. The van der Waals surface area contributed by atoms with E-state index >= 15 is 0 Å². The number of nitriles is 1. The molecule has 0 spiro atoms. The van der Waals surface area contributed by atoms with Crippen LogP contribution in [0.4, 0.5) is 5.69 Å². The van der Waals surface area contributed by atoms with Crippen LogP contribution in [0, 0.1) is 23.7 Å². The fourth-order valence-corrected chi connectivity index (χ4v) is 2.77. The van der Waals surface area contributed by atoms with Crippen LogP contribution in [0.25, 0.3) is 6.08 Å². The van der Waals surface area contributed by atoms with E-state index in [-0.39, 0.29) is 18.8 Å². The summed E-state index contributed by atoms with van der Waals surface area (Å²) in [6.07, 6.45) is 6.63. The monoisotopic (exact) mass is 452 g/mol. The molecule has 0 aliphatic heterocycles. The van der Waals surface area contributed by atoms with Gasteiger partial charge in [0.25, 0.3) is 5.91 Å². The molecule has 0 saturated heterocycles. The second-order valence-electron chi connectivity index (χ2n) is 5.60. The average molecular weight is 453 g/mol. The Labute approximate surface area is 177 Å². The number of terminal acetylenes is 1. The van der Waals surface area contributed by atoms with Crippen molar-refractivity contribution >= 4 is 39.6 Å². The van der Waals surface area contributed by atoms with Gasteiger partial charge in [-0.3, -0.25) is 4.79 Å². The van der Waals surface area contributed by atoms with Crippen LogP contribution in [0.15, 0.2) is 52.5 Å². The summed E-state index contributed by atoms with van der Waals surface area (Å²) in [5.74, 6) is 1.93. The molecule has 29 heavy (non-hydrogen) atoms. The molecule has 0 aromatic heterocycles. The molecular weight excluding hydrogens is 436 g/mol. The van der Waals surface area contributed by atoms with E-state index < -0.39 is 11.9 Å². The van der Waals surface area contributed by atoms with E-state index in [0.717, 1.165) is 0 Å². The molecule has 2 rings (SSSR count). The highest BCUT2D eigenvalue weighted by Crippen LogP contribution is 2.27. The van der Waals surface area contributed by atoms with Crippen molar-refractivity contribution in [2.24, 2.45) is 0 Å². The van der Waals surface area contributed by atoms with Gasteiger partial charge in [-0.2, -0.15) is 5.26 Å². The number of hydrogen-bond acceptors (Lipinski definition) is 5. The lowest BCUT2D eigenvalue weighted by atomic mass is 10.1. The maximum atomic E-state index is 12.4. The first kappa shape index (κ1) is 21.7. The predicted molar refractivity (Wildman–Crippen MR) is 113 cm³/mol. The topological polar surface area (TPSA) is 88.4 Å². The second kappa shape index (κ2) is 10.7. The van der Waals surface area contributed by atoms with Crippen LogP contribution in [-0.4, -0.2) is 25.1 Å². The maximum Gasteiger partial charge on any atom is 0.338 e. The van der Waals surface area contributed by atoms with E-state index in [4.69, 9.17) is 15.9 Å². The summed E-state index contributed by atoms with van der Waals surface area (Å²) >= 11 is 3.37. The molecule has 0 unspecified atom stereocenters. The van der Waals surface area contributed by atoms with Crippen molar-refractivity contribution in [3.63, 3.8) is 0 Å². The third kappa shape index (κ3) is 6.24. The van der Waals surface area contributed by atoms with E-state index in [1.54, 1.807) is 37.3 Å². The summed E-state index contributed by atoms with van der Waals surface area (Å²) in [5.41, 5.74) is 1.37. The number of rotatable bonds is 7. The van der Waals surface area contributed by atoms with Crippen LogP contribution in [0.5, 0.6) is 5.75 Å². The van der Waals surface area contributed by atoms with Crippen molar-refractivity contribution < 1.29 is 19.1 Å². The Bertz CT molecular complexity index is 1010. The summed E-state index contributed by atoms with van der Waals surface area (Å²) in [6, 6.07) is 13.2. The molecule has 0 radical (unpaired) electrons. The van der Waals surface area contributed by atoms with Gasteiger partial charge in [0.1, 0.15) is 24.0 Å². The first-order valence-electron chi connectivity index (χ1n) is 8.54. The maximum absolute atomic E-state index is 12.4. The molecule has 0 heterocycles. The van der Waals surface area contributed by atoms with Crippen LogP contribution in [0.1, 0.15) is 22.8 Å². The molecule has 0 aliphatic carbocycles. The van der Waals surface area contributed by atoms with E-state index in [2.05, 4.69) is 27.2 Å². The van der Waals surface area contributed by atoms with Crippen LogP contribution >= 0.6 is 15.9 Å². The highest BCUT2D eigenvalue weighted by Gasteiger charge is 2.12. The van der Waals surface area contributed by atoms with Gasteiger partial charge in [-0.05, 0) is 70.9 Å². The quantitative estimate of drug-likeness (QED) is 0.294. The van der Waals surface area contributed by atoms with Crippen LogP contribution in [0.2, 0.25) is 0 Å². The minimum Gasteiger partial charge on any atom is -0.480 e. The number of carbonyl (C=O) groups is 2. The average Bonchev–Trinajstić information content (AvgIpc) is 2.72. The molecule has 7 heteroatoms. The Hall–Kier alpha value is -3.55. The molecule has 0 bridgehead atoms. The molecule has 146 valence electrons. The Kier molecular flexibility index (Phi) is 8.02. The lowest BCUT2D eigenvalue weighted by molar-refractivity contribution is -0.112. The number of nitrogens with one attached hydrogen (secondary N) is 1. The number of anilines is 1. The van der Waals surface area contributed by atoms with Gasteiger partial charge in [0.05, 0.1) is 16.6 Å². The van der Waals surface area contributed by atoms with E-state index in [1.807, 2.05) is 6.07 Å². The summed E-state index contributed by atoms with van der Waals surface area (Å²) < 4.78 is 10.9. The van der Waals surface area contributed by atoms with Gasteiger partial charge >= 0.3 is 5.97 Å². The molecule has 0 atom stereocenters. The Morgan fingerprint density at radius 1 is 1.24 bits per heavy atom. The fourth-order valence-electron chi connectivity index (χ4n) is 2.26. The number of nitrogens with zero attached hydrogens (tertiary/aromatic N) is 1. The highest BCUT2D eigenvalue weighted by atomic mass is 79.9. The van der Waals surface area contributed by atoms with Gasteiger partial charge in [-0.1, -0.05) is 12.0 Å². The SMILES string of the molecule is C#CCOc1ccc(/C=C(\C#N)C(=O)Nc2ccc(C(=O)OCC)cc2)cc1Br. The zero-order valence-electron chi connectivity index (χ0n) is 15.6. The third-order valence-corrected chi connectivity index (χ3v) is 4.22. The minimum atomic E-state index is -0.569. The van der Waals surface area contributed by atoms with Gasteiger partial charge in [0.2, 0.25) is 0 Å². The molecular formula is C22H17BrN2O4. The highest BCUT2D eigenvalue weighted by molar-refractivity contribution is 9.10. The minimum absolute atomic E-state index is 0.0799. The number of amides is 1. The first-order valence-corrected chi connectivity index (χ1v) is 9.34. The Balaban J connectivity index is 2.12. The fraction of sp³-hybridized carbons (Fsp3) is 0.136. The van der Waals surface area contributed by atoms with Crippen LogP contribution in [-0.2, 0) is 9.53 Å². The third-order valence-electron chi connectivity index (χ3n) is 3.60. The van der Waals surface area contributed by atoms with Crippen LogP contribution < -0.4 is 10.1 Å². The lowest BCUT2D eigenvalue weighted by Crippen LogP contribution is -2.13. The van der Waals surface area contributed by atoms with Crippen LogP contribution in [0.3, 0.4) is 0 Å². The van der Waals surface area contributed by atoms with Crippen molar-refractivity contribution in [2.45, 2.75) is 6.92 Å². The van der Waals surface area contributed by atoms with Crippen molar-refractivity contribution in [1.82, 2.24) is 0 Å². The molecule has 1 N–H and O–H groups in total. The van der Waals surface area contributed by atoms with Gasteiger partial charge in [0, 0.05) is 5.69 Å². The Morgan fingerprint density at radius 2 is 1.97 bits per heavy atom. The zero-order chi connectivity index (χ0) is 21.2. The number of carbonyl (C=O) groups excluding carboxylic acids is 2. The van der Waals surface area contributed by atoms with E-state index in [9.17, 15) is 14.9 Å². The Morgan fingerprint density at radius 3 is 2.55 bits per heavy atom. The summed E-state index contributed by atoms with van der Waals surface area (Å²) in [7, 11) is 0. The molecule has 0 saturated carbocycles. The predicted octanol–water partition coefficient (Wildman–Crippen LogP) is 4.18. The second-order valence-corrected chi connectivity index (χ2v) is 6.46. The zero-order valence-corrected chi connectivity index (χ0v) is 17.2. The number of hydrogen-bond donors (Lipinski definition) is 1.